The zero-order valence-corrected chi connectivity index (χ0v) is 8.12. The van der Waals surface area contributed by atoms with Crippen LogP contribution in [0.15, 0.2) is 18.2 Å². The summed E-state index contributed by atoms with van der Waals surface area (Å²) in [4.78, 5) is 0. The predicted molar refractivity (Wildman–Crippen MR) is 53.8 cm³/mol. The van der Waals surface area contributed by atoms with Gasteiger partial charge in [-0.2, -0.15) is 0 Å². The van der Waals surface area contributed by atoms with Gasteiger partial charge in [-0.25, -0.2) is 10.9 Å². The molecule has 1 heterocycles. The fourth-order valence-corrected chi connectivity index (χ4v) is 3.61. The fraction of sp³-hybridized carbons (Fsp3) is 0.333. The Kier molecular flexibility index (Phi) is 1.86. The van der Waals surface area contributed by atoms with Crippen LogP contribution in [0.5, 0.6) is 0 Å². The molecular weight excluding hydrogens is 176 g/mol. The van der Waals surface area contributed by atoms with Crippen molar-refractivity contribution in [2.24, 2.45) is 0 Å². The van der Waals surface area contributed by atoms with Crippen molar-refractivity contribution >= 4 is 22.5 Å². The number of rotatable bonds is 0. The SMILES string of the molecule is C[SH]1Cc2ccc(Cl)cc2C1. The fourth-order valence-electron chi connectivity index (χ4n) is 1.53. The third-order valence-corrected chi connectivity index (χ3v) is 4.04. The number of fused-ring (bicyclic) bond motifs is 1. The van der Waals surface area contributed by atoms with Gasteiger partial charge in [0.25, 0.3) is 0 Å². The van der Waals surface area contributed by atoms with Crippen LogP contribution in [-0.2, 0) is 11.5 Å². The summed E-state index contributed by atoms with van der Waals surface area (Å²) in [6.07, 6.45) is 2.35. The van der Waals surface area contributed by atoms with E-state index in [2.05, 4.69) is 18.4 Å². The van der Waals surface area contributed by atoms with Gasteiger partial charge in [0.2, 0.25) is 0 Å². The zero-order valence-electron chi connectivity index (χ0n) is 6.47. The summed E-state index contributed by atoms with van der Waals surface area (Å²) < 4.78 is 0. The molecule has 0 aromatic heterocycles. The number of hydrogen-bond donors (Lipinski definition) is 1. The molecule has 1 atom stereocenters. The molecule has 1 aromatic carbocycles. The average Bonchev–Trinajstić information content (AvgIpc) is 2.27. The quantitative estimate of drug-likeness (QED) is 0.592. The lowest BCUT2D eigenvalue weighted by atomic mass is 10.1. The third-order valence-electron chi connectivity index (χ3n) is 2.05. The monoisotopic (exact) mass is 186 g/mol. The van der Waals surface area contributed by atoms with E-state index in [4.69, 9.17) is 11.6 Å². The van der Waals surface area contributed by atoms with Gasteiger partial charge in [-0.05, 0) is 29.5 Å². The number of halogens is 1. The Bertz CT molecular complexity index is 283. The van der Waals surface area contributed by atoms with E-state index in [0.717, 1.165) is 5.02 Å². The van der Waals surface area contributed by atoms with Gasteiger partial charge in [0.15, 0.2) is 0 Å². The first kappa shape index (κ1) is 7.51. The molecule has 2 heteroatoms. The number of hydrogen-bond acceptors (Lipinski definition) is 0. The van der Waals surface area contributed by atoms with Crippen molar-refractivity contribution in [1.82, 2.24) is 0 Å². The van der Waals surface area contributed by atoms with Crippen LogP contribution < -0.4 is 0 Å². The highest BCUT2D eigenvalue weighted by atomic mass is 35.5. The van der Waals surface area contributed by atoms with Crippen molar-refractivity contribution in [3.05, 3.63) is 34.3 Å². The summed E-state index contributed by atoms with van der Waals surface area (Å²) in [5, 5.41) is 0.883. The first-order valence-corrected chi connectivity index (χ1v) is 6.25. The van der Waals surface area contributed by atoms with Crippen LogP contribution in [0.25, 0.3) is 0 Å². The van der Waals surface area contributed by atoms with E-state index in [0.29, 0.717) is 0 Å². The predicted octanol–water partition coefficient (Wildman–Crippen LogP) is 2.98. The molecule has 0 spiro atoms. The first-order chi connectivity index (χ1) is 5.25. The Morgan fingerprint density at radius 3 is 2.82 bits per heavy atom. The van der Waals surface area contributed by atoms with Gasteiger partial charge in [-0.15, -0.1) is 0 Å². The first-order valence-electron chi connectivity index (χ1n) is 3.71. The molecule has 0 N–H and O–H groups in total. The Hall–Kier alpha value is -0.140. The third kappa shape index (κ3) is 1.40. The molecule has 0 radical (unpaired) electrons. The molecule has 0 saturated heterocycles. The summed E-state index contributed by atoms with van der Waals surface area (Å²) in [6, 6.07) is 6.28. The Balaban J connectivity index is 2.43. The van der Waals surface area contributed by atoms with Gasteiger partial charge < -0.3 is 0 Å². The minimum absolute atomic E-state index is 0.237. The summed E-state index contributed by atoms with van der Waals surface area (Å²) in [5.74, 6) is 2.56. The van der Waals surface area contributed by atoms with Crippen LogP contribution in [0, 0.1) is 0 Å². The summed E-state index contributed by atoms with van der Waals surface area (Å²) >= 11 is 5.88. The minimum atomic E-state index is 0.237. The van der Waals surface area contributed by atoms with Gasteiger partial charge in [-0.1, -0.05) is 17.7 Å². The van der Waals surface area contributed by atoms with Gasteiger partial charge in [0.05, 0.1) is 0 Å². The van der Waals surface area contributed by atoms with E-state index in [1.165, 1.54) is 22.6 Å². The Morgan fingerprint density at radius 2 is 2.00 bits per heavy atom. The average molecular weight is 187 g/mol. The molecule has 60 valence electrons. The smallest absolute Gasteiger partial charge is 0.0409 e. The van der Waals surface area contributed by atoms with E-state index in [1.54, 1.807) is 0 Å². The molecule has 0 fully saturated rings. The van der Waals surface area contributed by atoms with E-state index in [1.807, 2.05) is 6.07 Å². The Morgan fingerprint density at radius 1 is 1.27 bits per heavy atom. The van der Waals surface area contributed by atoms with Gasteiger partial charge in [0, 0.05) is 16.5 Å². The van der Waals surface area contributed by atoms with Crippen molar-refractivity contribution in [2.45, 2.75) is 11.5 Å². The second-order valence-electron chi connectivity index (χ2n) is 3.09. The maximum absolute atomic E-state index is 5.88. The molecule has 1 aliphatic heterocycles. The molecule has 1 aliphatic rings. The molecular formula is C9H11ClS. The Labute approximate surface area is 74.9 Å². The molecule has 0 bridgehead atoms. The van der Waals surface area contributed by atoms with E-state index >= 15 is 0 Å². The highest BCUT2D eigenvalue weighted by Gasteiger charge is 2.14. The molecule has 0 aliphatic carbocycles. The van der Waals surface area contributed by atoms with Crippen LogP contribution in [0.4, 0.5) is 0 Å². The lowest BCUT2D eigenvalue weighted by Crippen LogP contribution is -1.79. The van der Waals surface area contributed by atoms with Crippen molar-refractivity contribution in [1.29, 1.82) is 0 Å². The molecule has 11 heavy (non-hydrogen) atoms. The number of thiol groups is 1. The van der Waals surface area contributed by atoms with Crippen LogP contribution >= 0.6 is 22.5 Å². The highest BCUT2D eigenvalue weighted by Crippen LogP contribution is 2.40. The normalized spacial score (nSPS) is 25.1. The van der Waals surface area contributed by atoms with Gasteiger partial charge in [0.1, 0.15) is 0 Å². The standard InChI is InChI=1S/C9H11ClS/c1-11-5-7-2-3-9(10)4-8(7)6-11/h2-4,11H,5-6H2,1H3. The van der Waals surface area contributed by atoms with Gasteiger partial charge in [-0.3, -0.25) is 0 Å². The van der Waals surface area contributed by atoms with Crippen LogP contribution in [0.2, 0.25) is 5.02 Å². The van der Waals surface area contributed by atoms with Crippen LogP contribution in [0.1, 0.15) is 11.1 Å². The maximum atomic E-state index is 5.88. The van der Waals surface area contributed by atoms with Crippen molar-refractivity contribution < 1.29 is 0 Å². The molecule has 2 rings (SSSR count). The second-order valence-corrected chi connectivity index (χ2v) is 5.87. The van der Waals surface area contributed by atoms with E-state index < -0.39 is 0 Å². The van der Waals surface area contributed by atoms with Crippen molar-refractivity contribution in [3.8, 4) is 0 Å². The van der Waals surface area contributed by atoms with E-state index in [-0.39, 0.29) is 10.9 Å². The molecule has 0 amide bonds. The van der Waals surface area contributed by atoms with Crippen LogP contribution in [-0.4, -0.2) is 6.26 Å². The lowest BCUT2D eigenvalue weighted by Gasteiger charge is -2.01. The highest BCUT2D eigenvalue weighted by molar-refractivity contribution is 8.15. The maximum Gasteiger partial charge on any atom is 0.0409 e. The minimum Gasteiger partial charge on any atom is -0.248 e. The van der Waals surface area contributed by atoms with Crippen molar-refractivity contribution in [3.63, 3.8) is 0 Å². The second kappa shape index (κ2) is 2.72. The lowest BCUT2D eigenvalue weighted by molar-refractivity contribution is 1.35. The largest absolute Gasteiger partial charge is 0.248 e. The van der Waals surface area contributed by atoms with Crippen molar-refractivity contribution in [2.75, 3.05) is 6.26 Å². The number of benzene rings is 1. The molecule has 1 unspecified atom stereocenters. The summed E-state index contributed by atoms with van der Waals surface area (Å²) in [5.41, 5.74) is 2.99. The van der Waals surface area contributed by atoms with Crippen LogP contribution in [0.3, 0.4) is 0 Å². The van der Waals surface area contributed by atoms with E-state index in [9.17, 15) is 0 Å². The van der Waals surface area contributed by atoms with Gasteiger partial charge >= 0.3 is 0 Å². The summed E-state index contributed by atoms with van der Waals surface area (Å²) in [7, 11) is 0.237. The molecule has 1 aromatic rings. The topological polar surface area (TPSA) is 0 Å². The molecule has 0 saturated carbocycles. The zero-order chi connectivity index (χ0) is 7.84. The molecule has 0 nitrogen and oxygen atoms in total. The summed E-state index contributed by atoms with van der Waals surface area (Å²) in [6.45, 7) is 0.